The molecule has 0 saturated heterocycles. The molecule has 1 aliphatic carbocycles. The summed E-state index contributed by atoms with van der Waals surface area (Å²) in [6.07, 6.45) is 5.27. The lowest BCUT2D eigenvalue weighted by molar-refractivity contribution is 0.411. The number of rotatable bonds is 5. The van der Waals surface area contributed by atoms with Crippen molar-refractivity contribution in [2.75, 3.05) is 17.1 Å². The Bertz CT molecular complexity index is 1340. The van der Waals surface area contributed by atoms with E-state index in [4.69, 9.17) is 27.9 Å². The molecule has 2 aliphatic rings. The first-order valence-corrected chi connectivity index (χ1v) is 12.8. The van der Waals surface area contributed by atoms with Gasteiger partial charge in [-0.25, -0.2) is 8.42 Å². The molecule has 0 bridgehead atoms. The zero-order valence-electron chi connectivity index (χ0n) is 17.8. The number of benzene rings is 3. The number of hydrogen-bond donors (Lipinski definition) is 2. The first-order chi connectivity index (χ1) is 15.9. The molecule has 1 heterocycles. The Hall–Kier alpha value is -2.67. The van der Waals surface area contributed by atoms with Gasteiger partial charge in [0, 0.05) is 11.6 Å². The minimum absolute atomic E-state index is 0.120. The van der Waals surface area contributed by atoms with Gasteiger partial charge in [0.2, 0.25) is 0 Å². The molecule has 5 nitrogen and oxygen atoms in total. The normalized spacial score (nSPS) is 21.1. The molecule has 3 aromatic rings. The lowest BCUT2D eigenvalue weighted by Crippen LogP contribution is -2.29. The summed E-state index contributed by atoms with van der Waals surface area (Å²) in [6.45, 7) is 0. The average Bonchev–Trinajstić information content (AvgIpc) is 3.31. The number of nitrogens with one attached hydrogen (secondary N) is 2. The molecule has 0 amide bonds. The smallest absolute Gasteiger partial charge is 0.261 e. The van der Waals surface area contributed by atoms with Crippen LogP contribution in [0.4, 0.5) is 11.4 Å². The molecule has 8 heteroatoms. The Labute approximate surface area is 203 Å². The van der Waals surface area contributed by atoms with Crippen LogP contribution in [0.25, 0.3) is 0 Å². The van der Waals surface area contributed by atoms with Gasteiger partial charge in [0.15, 0.2) is 0 Å². The summed E-state index contributed by atoms with van der Waals surface area (Å²) in [5.74, 6) is 1.23. The highest BCUT2D eigenvalue weighted by Gasteiger charge is 2.38. The van der Waals surface area contributed by atoms with Gasteiger partial charge in [-0.1, -0.05) is 53.6 Å². The first-order valence-electron chi connectivity index (χ1n) is 10.6. The number of allylic oxidation sites excluding steroid dienone is 2. The van der Waals surface area contributed by atoms with Gasteiger partial charge < -0.3 is 10.1 Å². The van der Waals surface area contributed by atoms with Crippen molar-refractivity contribution < 1.29 is 13.2 Å². The van der Waals surface area contributed by atoms with Crippen molar-refractivity contribution >= 4 is 44.6 Å². The summed E-state index contributed by atoms with van der Waals surface area (Å²) >= 11 is 12.2. The van der Waals surface area contributed by atoms with Crippen molar-refractivity contribution in [3.05, 3.63) is 94.0 Å². The third kappa shape index (κ3) is 4.07. The summed E-state index contributed by atoms with van der Waals surface area (Å²) in [5, 5.41) is 4.09. The zero-order valence-corrected chi connectivity index (χ0v) is 20.1. The van der Waals surface area contributed by atoms with Gasteiger partial charge in [0.05, 0.1) is 33.8 Å². The van der Waals surface area contributed by atoms with Gasteiger partial charge in [0.25, 0.3) is 10.0 Å². The Morgan fingerprint density at radius 1 is 1.06 bits per heavy atom. The predicted molar refractivity (Wildman–Crippen MR) is 133 cm³/mol. The molecule has 2 N–H and O–H groups in total. The van der Waals surface area contributed by atoms with Gasteiger partial charge in [0.1, 0.15) is 5.75 Å². The van der Waals surface area contributed by atoms with Gasteiger partial charge >= 0.3 is 0 Å². The van der Waals surface area contributed by atoms with E-state index >= 15 is 0 Å². The Balaban J connectivity index is 1.48. The minimum atomic E-state index is -3.85. The van der Waals surface area contributed by atoms with Gasteiger partial charge in [-0.2, -0.15) is 0 Å². The largest absolute Gasteiger partial charge is 0.497 e. The second kappa shape index (κ2) is 8.60. The molecule has 0 saturated carbocycles. The summed E-state index contributed by atoms with van der Waals surface area (Å²) in [4.78, 5) is 0.182. The molecular weight excluding hydrogens is 479 g/mol. The minimum Gasteiger partial charge on any atom is -0.497 e. The lowest BCUT2D eigenvalue weighted by atomic mass is 9.77. The maximum absolute atomic E-state index is 13.1. The summed E-state index contributed by atoms with van der Waals surface area (Å²) in [7, 11) is -2.19. The quantitative estimate of drug-likeness (QED) is 0.385. The van der Waals surface area contributed by atoms with Crippen LogP contribution in [-0.2, 0) is 10.0 Å². The van der Waals surface area contributed by atoms with Gasteiger partial charge in [-0.05, 0) is 65.9 Å². The molecule has 0 aromatic heterocycles. The van der Waals surface area contributed by atoms with Crippen molar-refractivity contribution in [2.24, 2.45) is 5.92 Å². The maximum Gasteiger partial charge on any atom is 0.261 e. The molecule has 1 aliphatic heterocycles. The third-order valence-corrected chi connectivity index (χ3v) is 8.50. The number of ether oxygens (including phenoxy) is 1. The second-order valence-electron chi connectivity index (χ2n) is 8.20. The molecular formula is C25H22Cl2N2O3S. The van der Waals surface area contributed by atoms with Crippen LogP contribution in [0.5, 0.6) is 5.75 Å². The maximum atomic E-state index is 13.1. The van der Waals surface area contributed by atoms with Crippen LogP contribution < -0.4 is 14.8 Å². The lowest BCUT2D eigenvalue weighted by Gasteiger charge is -2.37. The average molecular weight is 501 g/mol. The fourth-order valence-corrected chi connectivity index (χ4v) is 6.18. The zero-order chi connectivity index (χ0) is 23.2. The van der Waals surface area contributed by atoms with Crippen LogP contribution >= 0.6 is 23.2 Å². The molecule has 0 radical (unpaired) electrons. The van der Waals surface area contributed by atoms with Crippen LogP contribution in [0.15, 0.2) is 77.7 Å². The SMILES string of the molecule is COc1ccc([C@H]2Nc3ccc(S(=O)(=O)Nc4cccc(Cl)c4Cl)cc3[C@H]3C=CC[C@H]32)cc1. The summed E-state index contributed by atoms with van der Waals surface area (Å²) < 4.78 is 34.1. The monoisotopic (exact) mass is 500 g/mol. The number of halogens is 2. The molecule has 170 valence electrons. The molecule has 33 heavy (non-hydrogen) atoms. The van der Waals surface area contributed by atoms with Gasteiger partial charge in [-0.15, -0.1) is 0 Å². The highest BCUT2D eigenvalue weighted by atomic mass is 35.5. The Kier molecular flexibility index (Phi) is 5.77. The van der Waals surface area contributed by atoms with Crippen molar-refractivity contribution in [1.82, 2.24) is 0 Å². The van der Waals surface area contributed by atoms with Crippen molar-refractivity contribution in [1.29, 1.82) is 0 Å². The molecule has 0 unspecified atom stereocenters. The number of methoxy groups -OCH3 is 1. The topological polar surface area (TPSA) is 67.4 Å². The second-order valence-corrected chi connectivity index (χ2v) is 10.7. The predicted octanol–water partition coefficient (Wildman–Crippen LogP) is 6.63. The number of hydrogen-bond acceptors (Lipinski definition) is 4. The molecule has 3 atom stereocenters. The summed E-state index contributed by atoms with van der Waals surface area (Å²) in [5.41, 5.74) is 3.33. The number of fused-ring (bicyclic) bond motifs is 3. The van der Waals surface area contributed by atoms with E-state index < -0.39 is 10.0 Å². The third-order valence-electron chi connectivity index (χ3n) is 6.32. The molecule has 3 aromatic carbocycles. The van der Waals surface area contributed by atoms with E-state index in [0.717, 1.165) is 23.4 Å². The number of anilines is 2. The molecule has 0 spiro atoms. The van der Waals surface area contributed by atoms with Crippen molar-refractivity contribution in [2.45, 2.75) is 23.3 Å². The van der Waals surface area contributed by atoms with E-state index in [1.54, 1.807) is 37.4 Å². The van der Waals surface area contributed by atoms with Crippen LogP contribution in [0.1, 0.15) is 29.5 Å². The van der Waals surface area contributed by atoms with Crippen molar-refractivity contribution in [3.63, 3.8) is 0 Å². The first kappa shape index (κ1) is 22.1. The van der Waals surface area contributed by atoms with E-state index in [-0.39, 0.29) is 32.6 Å². The molecule has 0 fully saturated rings. The van der Waals surface area contributed by atoms with E-state index in [2.05, 4.69) is 34.3 Å². The fraction of sp³-hybridized carbons (Fsp3) is 0.200. The van der Waals surface area contributed by atoms with E-state index in [0.29, 0.717) is 5.92 Å². The fourth-order valence-electron chi connectivity index (χ4n) is 4.67. The highest BCUT2D eigenvalue weighted by molar-refractivity contribution is 7.92. The van der Waals surface area contributed by atoms with Crippen molar-refractivity contribution in [3.8, 4) is 5.75 Å². The van der Waals surface area contributed by atoms with E-state index in [9.17, 15) is 8.42 Å². The van der Waals surface area contributed by atoms with Gasteiger partial charge in [-0.3, -0.25) is 4.72 Å². The molecule has 5 rings (SSSR count). The van der Waals surface area contributed by atoms with Crippen LogP contribution in [0.3, 0.4) is 0 Å². The number of sulfonamides is 1. The highest BCUT2D eigenvalue weighted by Crippen LogP contribution is 2.50. The van der Waals surface area contributed by atoms with Crippen LogP contribution in [0.2, 0.25) is 10.0 Å². The summed E-state index contributed by atoms with van der Waals surface area (Å²) in [6, 6.07) is 18.2. The van der Waals surface area contributed by atoms with Crippen LogP contribution in [-0.4, -0.2) is 15.5 Å². The van der Waals surface area contributed by atoms with E-state index in [1.165, 1.54) is 5.56 Å². The Morgan fingerprint density at radius 3 is 2.61 bits per heavy atom. The van der Waals surface area contributed by atoms with E-state index in [1.807, 2.05) is 18.2 Å². The van der Waals surface area contributed by atoms with Crippen LogP contribution in [0, 0.1) is 5.92 Å². The Morgan fingerprint density at radius 2 is 1.85 bits per heavy atom. The standard InChI is InChI=1S/C25H22Cl2N2O3S/c1-32-16-10-8-15(9-11-16)25-19-5-2-4-18(19)20-14-17(12-13-22(20)28-25)33(30,31)29-23-7-3-6-21(26)24(23)27/h2-4,6-14,18-19,25,28-29H,5H2,1H3/t18-,19+,25+/m0/s1.